The first-order valence-corrected chi connectivity index (χ1v) is 12.5. The summed E-state index contributed by atoms with van der Waals surface area (Å²) in [5, 5.41) is 18.1. The van der Waals surface area contributed by atoms with Crippen molar-refractivity contribution in [2.45, 2.75) is 24.8 Å². The first-order valence-electron chi connectivity index (χ1n) is 12.5. The fourth-order valence-electron chi connectivity index (χ4n) is 4.13. The van der Waals surface area contributed by atoms with E-state index >= 15 is 0 Å². The van der Waals surface area contributed by atoms with Crippen molar-refractivity contribution in [1.82, 2.24) is 26.1 Å². The molecule has 16 heteroatoms. The summed E-state index contributed by atoms with van der Waals surface area (Å²) in [6.07, 6.45) is -4.78. The third kappa shape index (κ3) is 7.44. The Morgan fingerprint density at radius 3 is 2.60 bits per heavy atom. The number of amides is 2. The number of alkyl halides is 4. The summed E-state index contributed by atoms with van der Waals surface area (Å²) in [5.74, 6) is -2.04. The molecule has 5 N–H and O–H groups in total. The maximum atomic E-state index is 13.4. The van der Waals surface area contributed by atoms with E-state index in [0.29, 0.717) is 22.5 Å². The minimum absolute atomic E-state index is 0.0244. The van der Waals surface area contributed by atoms with Gasteiger partial charge in [-0.1, -0.05) is 0 Å². The molecule has 224 valence electrons. The minimum Gasteiger partial charge on any atom is -0.497 e. The van der Waals surface area contributed by atoms with Crippen LogP contribution in [-0.2, 0) is 20.5 Å². The summed E-state index contributed by atoms with van der Waals surface area (Å²) in [4.78, 5) is 41.8. The quantitative estimate of drug-likeness (QED) is 0.187. The lowest BCUT2D eigenvalue weighted by Crippen LogP contribution is -2.41. The van der Waals surface area contributed by atoms with Gasteiger partial charge in [-0.2, -0.15) is 18.3 Å². The zero-order chi connectivity index (χ0) is 30.4. The van der Waals surface area contributed by atoms with Crippen LogP contribution in [0.4, 0.5) is 23.2 Å². The molecule has 1 aromatic heterocycles. The molecule has 1 aliphatic rings. The maximum absolute atomic E-state index is 13.4. The van der Waals surface area contributed by atoms with Gasteiger partial charge in [0.15, 0.2) is 5.96 Å². The monoisotopic (exact) mass is 593 g/mol. The zero-order valence-electron chi connectivity index (χ0n) is 22.4. The fraction of sp³-hybridized carbons (Fsp3) is 0.346. The molecule has 4 rings (SSSR count). The molecule has 0 bridgehead atoms. The molecule has 2 atom stereocenters. The number of carbonyl (C=O) groups excluding carboxylic acids is 3. The second-order valence-electron chi connectivity index (χ2n) is 9.22. The number of aromatic nitrogens is 2. The van der Waals surface area contributed by atoms with Gasteiger partial charge in [-0.15, -0.1) is 0 Å². The first-order chi connectivity index (χ1) is 20.0. The summed E-state index contributed by atoms with van der Waals surface area (Å²) in [6, 6.07) is 4.62. The number of fused-ring (bicyclic) bond motifs is 1. The summed E-state index contributed by atoms with van der Waals surface area (Å²) in [7, 11) is 2.28. The van der Waals surface area contributed by atoms with Gasteiger partial charge in [-0.3, -0.25) is 19.5 Å². The van der Waals surface area contributed by atoms with Crippen molar-refractivity contribution in [3.8, 4) is 5.75 Å². The van der Waals surface area contributed by atoms with Crippen molar-refractivity contribution in [3.63, 3.8) is 0 Å². The number of methoxy groups -OCH3 is 2. The van der Waals surface area contributed by atoms with Crippen molar-refractivity contribution in [1.29, 1.82) is 0 Å². The molecule has 12 nitrogen and oxygen atoms in total. The van der Waals surface area contributed by atoms with Crippen LogP contribution in [0.25, 0.3) is 10.9 Å². The van der Waals surface area contributed by atoms with Gasteiger partial charge in [0, 0.05) is 10.9 Å². The van der Waals surface area contributed by atoms with Gasteiger partial charge in [0.2, 0.25) is 5.91 Å². The van der Waals surface area contributed by atoms with Crippen LogP contribution in [0.5, 0.6) is 5.75 Å². The molecule has 1 aliphatic heterocycles. The van der Waals surface area contributed by atoms with Gasteiger partial charge in [-0.25, -0.2) is 9.38 Å². The van der Waals surface area contributed by atoms with Crippen molar-refractivity contribution in [3.05, 3.63) is 53.2 Å². The zero-order valence-corrected chi connectivity index (χ0v) is 22.4. The number of H-pyrrole nitrogens is 1. The highest BCUT2D eigenvalue weighted by molar-refractivity contribution is 6.07. The summed E-state index contributed by atoms with van der Waals surface area (Å²) in [6.45, 7) is -0.522. The molecule has 42 heavy (non-hydrogen) atoms. The number of nitrogens with one attached hydrogen (secondary N) is 5. The Hall–Kier alpha value is -4.89. The molecular formula is C26H27F4N7O5. The second-order valence-corrected chi connectivity index (χ2v) is 9.22. The number of aromatic amines is 1. The average molecular weight is 594 g/mol. The van der Waals surface area contributed by atoms with E-state index in [-0.39, 0.29) is 30.0 Å². The number of carbonyl (C=O) groups is 3. The molecular weight excluding hydrogens is 566 g/mol. The number of esters is 1. The number of nitrogens with zero attached hydrogens (tertiary/aromatic N) is 2. The Labute approximate surface area is 236 Å². The van der Waals surface area contributed by atoms with Crippen molar-refractivity contribution < 1.29 is 41.4 Å². The molecule has 0 saturated heterocycles. The van der Waals surface area contributed by atoms with Gasteiger partial charge in [0.1, 0.15) is 11.9 Å². The largest absolute Gasteiger partial charge is 0.497 e. The first kappa shape index (κ1) is 30.1. The van der Waals surface area contributed by atoms with E-state index in [1.165, 1.54) is 31.5 Å². The fourth-order valence-corrected chi connectivity index (χ4v) is 4.13. The van der Waals surface area contributed by atoms with Gasteiger partial charge in [0.25, 0.3) is 5.91 Å². The molecule has 0 saturated carbocycles. The molecule has 2 aromatic carbocycles. The highest BCUT2D eigenvalue weighted by Gasteiger charge is 2.33. The van der Waals surface area contributed by atoms with Crippen LogP contribution >= 0.6 is 0 Å². The summed E-state index contributed by atoms with van der Waals surface area (Å²) < 4.78 is 63.3. The van der Waals surface area contributed by atoms with E-state index in [2.05, 4.69) is 41.2 Å². The Balaban J connectivity index is 1.48. The lowest BCUT2D eigenvalue weighted by Gasteiger charge is -2.21. The topological polar surface area (TPSA) is 159 Å². The third-order valence-corrected chi connectivity index (χ3v) is 6.25. The number of aliphatic imine (C=N–C) groups is 1. The Kier molecular flexibility index (Phi) is 9.12. The highest BCUT2D eigenvalue weighted by atomic mass is 19.4. The lowest BCUT2D eigenvalue weighted by atomic mass is 10.00. The summed E-state index contributed by atoms with van der Waals surface area (Å²) in [5.41, 5.74) is -0.0186. The molecule has 2 amide bonds. The van der Waals surface area contributed by atoms with Gasteiger partial charge >= 0.3 is 12.1 Å². The van der Waals surface area contributed by atoms with E-state index in [9.17, 15) is 31.9 Å². The highest BCUT2D eigenvalue weighted by Crippen LogP contribution is 2.35. The van der Waals surface area contributed by atoms with Gasteiger partial charge < -0.3 is 30.7 Å². The van der Waals surface area contributed by atoms with Crippen LogP contribution in [0.1, 0.15) is 33.9 Å². The molecule has 0 radical (unpaired) electrons. The van der Waals surface area contributed by atoms with Crippen LogP contribution in [0.2, 0.25) is 0 Å². The van der Waals surface area contributed by atoms with E-state index in [4.69, 9.17) is 4.74 Å². The van der Waals surface area contributed by atoms with Crippen LogP contribution in [-0.4, -0.2) is 74.0 Å². The van der Waals surface area contributed by atoms with Crippen molar-refractivity contribution >= 4 is 40.3 Å². The number of halogens is 4. The van der Waals surface area contributed by atoms with E-state index in [1.807, 2.05) is 0 Å². The Bertz CT molecular complexity index is 1510. The van der Waals surface area contributed by atoms with E-state index < -0.39 is 54.7 Å². The predicted molar refractivity (Wildman–Crippen MR) is 143 cm³/mol. The van der Waals surface area contributed by atoms with E-state index in [0.717, 1.165) is 19.2 Å². The summed E-state index contributed by atoms with van der Waals surface area (Å²) >= 11 is 0. The van der Waals surface area contributed by atoms with Crippen LogP contribution < -0.4 is 26.0 Å². The molecule has 0 spiro atoms. The maximum Gasteiger partial charge on any atom is 0.416 e. The molecule has 0 fully saturated rings. The van der Waals surface area contributed by atoms with Crippen molar-refractivity contribution in [2.24, 2.45) is 4.99 Å². The molecule has 3 aromatic rings. The lowest BCUT2D eigenvalue weighted by molar-refractivity contribution is -0.141. The van der Waals surface area contributed by atoms with Gasteiger partial charge in [-0.05, 0) is 35.9 Å². The van der Waals surface area contributed by atoms with Crippen LogP contribution in [0.15, 0.2) is 41.5 Å². The minimum atomic E-state index is -4.71. The number of benzene rings is 2. The number of anilines is 1. The number of hydrogen-bond donors (Lipinski definition) is 5. The van der Waals surface area contributed by atoms with Crippen molar-refractivity contribution in [2.75, 3.05) is 39.2 Å². The standard InChI is InChI=1S/C26H27F4N7O5/c1-41-17-4-13(3-15(7-17)26(28,29)30)19(8-23(39)42-2)35-22(38)12-31-24(40)14-5-20(18-11-34-37-21(18)6-14)36-25-32-9-16(27)10-33-25/h3-7,11,16,19H,8-10,12H2,1-2H3,(H,31,40)(H,34,37)(H,35,38)(H2,32,33,36)/t19-/m0/s1. The number of rotatable bonds is 9. The average Bonchev–Trinajstić information content (AvgIpc) is 3.45. The predicted octanol–water partition coefficient (Wildman–Crippen LogP) is 2.45. The number of ether oxygens (including phenoxy) is 2. The third-order valence-electron chi connectivity index (χ3n) is 6.25. The Morgan fingerprint density at radius 2 is 1.93 bits per heavy atom. The SMILES string of the molecule is COC(=O)C[C@H](NC(=O)CNC(=O)c1cc(NC2=NCC(F)CN2)c2cn[nH]c2c1)c1cc(OC)cc(C(F)(F)F)c1. The molecule has 1 unspecified atom stereocenters. The van der Waals surface area contributed by atoms with Crippen LogP contribution in [0.3, 0.4) is 0 Å². The molecule has 0 aliphatic carbocycles. The van der Waals surface area contributed by atoms with E-state index in [1.54, 1.807) is 0 Å². The van der Waals surface area contributed by atoms with Gasteiger partial charge in [0.05, 0.1) is 69.3 Å². The molecule has 2 heterocycles. The van der Waals surface area contributed by atoms with Crippen LogP contribution in [0, 0.1) is 0 Å². The second kappa shape index (κ2) is 12.7. The normalized spacial score (nSPS) is 15.7. The smallest absolute Gasteiger partial charge is 0.416 e. The Morgan fingerprint density at radius 1 is 1.14 bits per heavy atom. The number of guanidine groups is 1. The number of hydrogen-bond acceptors (Lipinski definition) is 9.